The van der Waals surface area contributed by atoms with Gasteiger partial charge in [-0.25, -0.2) is 0 Å². The Bertz CT molecular complexity index is 1140. The largest absolute Gasteiger partial charge is 0.462 e. The number of unbranched alkanes of at least 4 members (excludes halogenated alkanes) is 21. The molecular weight excluding hydrogens is 745 g/mol. The van der Waals surface area contributed by atoms with Crippen LogP contribution in [0.25, 0.3) is 0 Å². The van der Waals surface area contributed by atoms with E-state index in [2.05, 4.69) is 93.7 Å². The summed E-state index contributed by atoms with van der Waals surface area (Å²) in [4.78, 5) is 37.8. The summed E-state index contributed by atoms with van der Waals surface area (Å²) in [6.45, 7) is 6.42. The second-order valence-electron chi connectivity index (χ2n) is 16.3. The Kier molecular flexibility index (Phi) is 46.0. The zero-order valence-corrected chi connectivity index (χ0v) is 39.2. The van der Waals surface area contributed by atoms with Crippen LogP contribution in [0.5, 0.6) is 0 Å². The normalized spacial score (nSPS) is 12.7. The molecule has 1 unspecified atom stereocenters. The maximum Gasteiger partial charge on any atom is 0.306 e. The molecule has 0 heterocycles. The summed E-state index contributed by atoms with van der Waals surface area (Å²) >= 11 is 0. The van der Waals surface area contributed by atoms with Crippen molar-refractivity contribution in [2.45, 2.75) is 239 Å². The standard InChI is InChI=1S/C54H92O6/c1-4-7-10-13-16-19-22-24-25-26-27-28-29-31-32-35-38-41-44-47-53(56)59-50-51(49-58-52(55)46-43-40-37-34-21-18-15-12-9-6-3)60-54(57)48-45-42-39-36-33-30-23-20-17-14-11-8-5-2/h7,10,12,15-16,19,24-25,27-28,31-32,51H,4-6,8-9,11,13-14,17-18,20-23,26,29-30,33-50H2,1-3H3/b10-7-,15-12-,19-16-,25-24-,28-27-,32-31-. The van der Waals surface area contributed by atoms with Gasteiger partial charge in [0.1, 0.15) is 13.2 Å². The molecule has 0 aromatic carbocycles. The summed E-state index contributed by atoms with van der Waals surface area (Å²) < 4.78 is 16.7. The number of esters is 3. The summed E-state index contributed by atoms with van der Waals surface area (Å²) in [5.41, 5.74) is 0. The average Bonchev–Trinajstić information content (AvgIpc) is 3.24. The van der Waals surface area contributed by atoms with Gasteiger partial charge in [0, 0.05) is 19.3 Å². The molecule has 0 amide bonds. The average molecular weight is 837 g/mol. The highest BCUT2D eigenvalue weighted by atomic mass is 16.6. The van der Waals surface area contributed by atoms with Gasteiger partial charge in [0.15, 0.2) is 6.10 Å². The Morgan fingerprint density at radius 3 is 1.12 bits per heavy atom. The zero-order chi connectivity index (χ0) is 43.7. The van der Waals surface area contributed by atoms with Crippen molar-refractivity contribution in [1.29, 1.82) is 0 Å². The van der Waals surface area contributed by atoms with Crippen LogP contribution in [0, 0.1) is 0 Å². The number of carbonyl (C=O) groups excluding carboxylic acids is 3. The van der Waals surface area contributed by atoms with Crippen LogP contribution >= 0.6 is 0 Å². The molecule has 0 fully saturated rings. The maximum absolute atomic E-state index is 12.8. The lowest BCUT2D eigenvalue weighted by Crippen LogP contribution is -2.30. The molecule has 0 spiro atoms. The Morgan fingerprint density at radius 2 is 0.683 bits per heavy atom. The summed E-state index contributed by atoms with van der Waals surface area (Å²) in [7, 11) is 0. The molecule has 0 saturated carbocycles. The predicted octanol–water partition coefficient (Wildman–Crippen LogP) is 16.3. The van der Waals surface area contributed by atoms with Crippen LogP contribution in [0.3, 0.4) is 0 Å². The van der Waals surface area contributed by atoms with Crippen molar-refractivity contribution in [3.63, 3.8) is 0 Å². The van der Waals surface area contributed by atoms with Gasteiger partial charge in [0.05, 0.1) is 0 Å². The lowest BCUT2D eigenvalue weighted by Gasteiger charge is -2.18. The van der Waals surface area contributed by atoms with Crippen molar-refractivity contribution >= 4 is 17.9 Å². The zero-order valence-electron chi connectivity index (χ0n) is 39.2. The molecule has 0 aliphatic carbocycles. The van der Waals surface area contributed by atoms with Gasteiger partial charge in [-0.3, -0.25) is 14.4 Å². The van der Waals surface area contributed by atoms with Crippen LogP contribution in [0.15, 0.2) is 72.9 Å². The molecule has 0 N–H and O–H groups in total. The second-order valence-corrected chi connectivity index (χ2v) is 16.3. The van der Waals surface area contributed by atoms with E-state index in [4.69, 9.17) is 14.2 Å². The Morgan fingerprint density at radius 1 is 0.350 bits per heavy atom. The van der Waals surface area contributed by atoms with Gasteiger partial charge in [-0.2, -0.15) is 0 Å². The van der Waals surface area contributed by atoms with Gasteiger partial charge < -0.3 is 14.2 Å². The van der Waals surface area contributed by atoms with E-state index in [-0.39, 0.29) is 31.1 Å². The third-order valence-electron chi connectivity index (χ3n) is 10.4. The molecule has 0 aromatic rings. The highest BCUT2D eigenvalue weighted by Gasteiger charge is 2.19. The van der Waals surface area contributed by atoms with E-state index in [0.29, 0.717) is 19.3 Å². The summed E-state index contributed by atoms with van der Waals surface area (Å²) in [5.74, 6) is -0.932. The van der Waals surface area contributed by atoms with Gasteiger partial charge in [-0.1, -0.05) is 203 Å². The lowest BCUT2D eigenvalue weighted by molar-refractivity contribution is -0.167. The first-order valence-corrected chi connectivity index (χ1v) is 24.9. The minimum Gasteiger partial charge on any atom is -0.462 e. The van der Waals surface area contributed by atoms with Crippen molar-refractivity contribution in [2.75, 3.05) is 13.2 Å². The molecule has 0 saturated heterocycles. The monoisotopic (exact) mass is 837 g/mol. The first-order chi connectivity index (χ1) is 29.5. The highest BCUT2D eigenvalue weighted by molar-refractivity contribution is 5.71. The fraction of sp³-hybridized carbons (Fsp3) is 0.722. The Labute approximate surface area is 370 Å². The molecule has 60 heavy (non-hydrogen) atoms. The van der Waals surface area contributed by atoms with Crippen LogP contribution in [-0.2, 0) is 28.6 Å². The minimum absolute atomic E-state index is 0.0895. The number of hydrogen-bond donors (Lipinski definition) is 0. The van der Waals surface area contributed by atoms with Crippen molar-refractivity contribution < 1.29 is 28.6 Å². The molecule has 344 valence electrons. The van der Waals surface area contributed by atoms with Crippen LogP contribution < -0.4 is 0 Å². The van der Waals surface area contributed by atoms with E-state index >= 15 is 0 Å². The van der Waals surface area contributed by atoms with E-state index in [1.54, 1.807) is 0 Å². The van der Waals surface area contributed by atoms with Gasteiger partial charge in [-0.05, 0) is 83.5 Å². The molecule has 0 aliphatic rings. The van der Waals surface area contributed by atoms with Crippen molar-refractivity contribution in [1.82, 2.24) is 0 Å². The van der Waals surface area contributed by atoms with Crippen LogP contribution in [0.1, 0.15) is 233 Å². The molecule has 0 bridgehead atoms. The smallest absolute Gasteiger partial charge is 0.306 e. The first-order valence-electron chi connectivity index (χ1n) is 24.9. The lowest BCUT2D eigenvalue weighted by atomic mass is 10.0. The predicted molar refractivity (Wildman–Crippen MR) is 256 cm³/mol. The number of allylic oxidation sites excluding steroid dienone is 12. The summed E-state index contributed by atoms with van der Waals surface area (Å²) in [6.07, 6.45) is 60.3. The van der Waals surface area contributed by atoms with E-state index < -0.39 is 6.10 Å². The third-order valence-corrected chi connectivity index (χ3v) is 10.4. The fourth-order valence-electron chi connectivity index (χ4n) is 6.71. The molecule has 0 aromatic heterocycles. The van der Waals surface area contributed by atoms with Crippen LogP contribution in [-0.4, -0.2) is 37.2 Å². The van der Waals surface area contributed by atoms with Crippen molar-refractivity contribution in [3.8, 4) is 0 Å². The SMILES string of the molecule is CC/C=C\C/C=C\C/C=C\C/C=C\C/C=C\CCCCCC(=O)OCC(COC(=O)CCCCCCC/C=C\CCC)OC(=O)CCCCCCCCCCCCCCC. The number of carbonyl (C=O) groups is 3. The molecular formula is C54H92O6. The topological polar surface area (TPSA) is 78.9 Å². The maximum atomic E-state index is 12.8. The van der Waals surface area contributed by atoms with Crippen molar-refractivity contribution in [3.05, 3.63) is 72.9 Å². The van der Waals surface area contributed by atoms with Gasteiger partial charge >= 0.3 is 17.9 Å². The van der Waals surface area contributed by atoms with E-state index in [1.165, 1.54) is 83.5 Å². The minimum atomic E-state index is -0.788. The number of hydrogen-bond acceptors (Lipinski definition) is 6. The molecule has 0 rings (SSSR count). The third kappa shape index (κ3) is 45.9. The molecule has 1 atom stereocenters. The summed E-state index contributed by atoms with van der Waals surface area (Å²) in [6, 6.07) is 0. The Hall–Kier alpha value is -3.15. The van der Waals surface area contributed by atoms with E-state index in [1.807, 2.05) is 0 Å². The van der Waals surface area contributed by atoms with Crippen LogP contribution in [0.2, 0.25) is 0 Å². The summed E-state index contributed by atoms with van der Waals surface area (Å²) in [5, 5.41) is 0. The quantitative estimate of drug-likeness (QED) is 0.0263. The molecule has 6 nitrogen and oxygen atoms in total. The van der Waals surface area contributed by atoms with E-state index in [0.717, 1.165) is 109 Å². The molecule has 0 radical (unpaired) electrons. The van der Waals surface area contributed by atoms with Gasteiger partial charge in [0.2, 0.25) is 0 Å². The fourth-order valence-corrected chi connectivity index (χ4v) is 6.71. The Balaban J connectivity index is 4.40. The second kappa shape index (κ2) is 48.5. The molecule has 6 heteroatoms. The van der Waals surface area contributed by atoms with Gasteiger partial charge in [-0.15, -0.1) is 0 Å². The first kappa shape index (κ1) is 56.9. The number of ether oxygens (including phenoxy) is 3. The van der Waals surface area contributed by atoms with Gasteiger partial charge in [0.25, 0.3) is 0 Å². The molecule has 0 aliphatic heterocycles. The highest BCUT2D eigenvalue weighted by Crippen LogP contribution is 2.14. The number of rotatable bonds is 44. The van der Waals surface area contributed by atoms with Crippen molar-refractivity contribution in [2.24, 2.45) is 0 Å². The van der Waals surface area contributed by atoms with E-state index in [9.17, 15) is 14.4 Å². The van der Waals surface area contributed by atoms with Crippen LogP contribution in [0.4, 0.5) is 0 Å².